The number of carbonyl (C=O) groups is 2. The Balaban J connectivity index is 1.66. The van der Waals surface area contributed by atoms with Crippen molar-refractivity contribution in [3.63, 3.8) is 0 Å². The van der Waals surface area contributed by atoms with E-state index in [9.17, 15) is 14.7 Å². The van der Waals surface area contributed by atoms with Gasteiger partial charge in [0.05, 0.1) is 11.6 Å². The van der Waals surface area contributed by atoms with Gasteiger partial charge in [-0.25, -0.2) is 9.79 Å². The minimum atomic E-state index is -0.931. The molecule has 2 heterocycles. The molecule has 1 saturated heterocycles. The molecule has 2 aliphatic heterocycles. The van der Waals surface area contributed by atoms with Crippen molar-refractivity contribution in [1.82, 2.24) is 9.80 Å². The second-order valence-corrected chi connectivity index (χ2v) is 12.7. The maximum Gasteiger partial charge on any atom is 0.335 e. The Bertz CT molecular complexity index is 976. The van der Waals surface area contributed by atoms with Crippen molar-refractivity contribution in [3.05, 3.63) is 35.4 Å². The minimum Gasteiger partial charge on any atom is -0.478 e. The molecule has 0 bridgehead atoms. The summed E-state index contributed by atoms with van der Waals surface area (Å²) in [6.45, 7) is 15.5. The first-order chi connectivity index (χ1) is 17.0. The Labute approximate surface area is 217 Å². The van der Waals surface area contributed by atoms with Crippen LogP contribution in [-0.2, 0) is 4.79 Å². The quantitative estimate of drug-likeness (QED) is 0.515. The monoisotopic (exact) mass is 495 g/mol. The van der Waals surface area contributed by atoms with Gasteiger partial charge in [-0.15, -0.1) is 0 Å². The fourth-order valence-electron chi connectivity index (χ4n) is 6.73. The van der Waals surface area contributed by atoms with Gasteiger partial charge >= 0.3 is 5.97 Å². The van der Waals surface area contributed by atoms with Crippen molar-refractivity contribution in [3.8, 4) is 0 Å². The van der Waals surface area contributed by atoms with E-state index in [0.29, 0.717) is 23.6 Å². The first kappa shape index (κ1) is 26.7. The Morgan fingerprint density at radius 1 is 1.08 bits per heavy atom. The molecule has 1 saturated carbocycles. The van der Waals surface area contributed by atoms with Crippen LogP contribution < -0.4 is 0 Å². The van der Waals surface area contributed by atoms with Gasteiger partial charge in [0, 0.05) is 13.1 Å². The minimum absolute atomic E-state index is 0.0568. The fourth-order valence-corrected chi connectivity index (χ4v) is 6.73. The van der Waals surface area contributed by atoms with Crippen LogP contribution in [-0.4, -0.2) is 51.4 Å². The predicted molar refractivity (Wildman–Crippen MR) is 144 cm³/mol. The summed E-state index contributed by atoms with van der Waals surface area (Å²) >= 11 is 0. The lowest BCUT2D eigenvalue weighted by molar-refractivity contribution is -0.134. The lowest BCUT2D eigenvalue weighted by Gasteiger charge is -2.47. The average molecular weight is 496 g/mol. The zero-order valence-electron chi connectivity index (χ0n) is 23.1. The molecule has 0 unspecified atom stereocenters. The first-order valence-electron chi connectivity index (χ1n) is 14.0. The molecule has 6 heteroatoms. The van der Waals surface area contributed by atoms with Crippen molar-refractivity contribution < 1.29 is 14.7 Å². The van der Waals surface area contributed by atoms with Crippen LogP contribution in [0, 0.1) is 23.2 Å². The topological polar surface area (TPSA) is 73.2 Å². The predicted octanol–water partition coefficient (Wildman–Crippen LogP) is 6.38. The van der Waals surface area contributed by atoms with Crippen LogP contribution >= 0.6 is 0 Å². The summed E-state index contributed by atoms with van der Waals surface area (Å²) in [4.78, 5) is 35.2. The highest BCUT2D eigenvalue weighted by molar-refractivity contribution is 6.39. The van der Waals surface area contributed by atoms with E-state index in [1.54, 1.807) is 12.1 Å². The highest BCUT2D eigenvalue weighted by atomic mass is 16.4. The molecule has 198 valence electrons. The average Bonchev–Trinajstić information content (AvgIpc) is 3.11. The third-order valence-electron chi connectivity index (χ3n) is 9.21. The number of hydrogen-bond acceptors (Lipinski definition) is 4. The zero-order chi connectivity index (χ0) is 26.3. The largest absolute Gasteiger partial charge is 0.478 e. The van der Waals surface area contributed by atoms with Crippen molar-refractivity contribution in [2.75, 3.05) is 13.1 Å². The number of carboxylic acids is 1. The second kappa shape index (κ2) is 10.2. The molecule has 1 spiro atoms. The van der Waals surface area contributed by atoms with Gasteiger partial charge in [-0.1, -0.05) is 53.7 Å². The van der Waals surface area contributed by atoms with Gasteiger partial charge in [-0.05, 0) is 85.8 Å². The Hall–Kier alpha value is -2.37. The number of amidine groups is 1. The maximum absolute atomic E-state index is 14.2. The summed E-state index contributed by atoms with van der Waals surface area (Å²) in [6.07, 6.45) is 6.88. The van der Waals surface area contributed by atoms with Gasteiger partial charge in [0.1, 0.15) is 5.66 Å². The van der Waals surface area contributed by atoms with Gasteiger partial charge in [-0.2, -0.15) is 0 Å². The van der Waals surface area contributed by atoms with Gasteiger partial charge in [-0.3, -0.25) is 4.79 Å². The molecule has 1 aromatic carbocycles. The number of carboxylic acid groups (broad SMARTS) is 1. The molecule has 1 aliphatic carbocycles. The van der Waals surface area contributed by atoms with Crippen molar-refractivity contribution in [2.24, 2.45) is 28.2 Å². The molecule has 1 N–H and O–H groups in total. The third kappa shape index (κ3) is 5.05. The molecular weight excluding hydrogens is 450 g/mol. The Morgan fingerprint density at radius 3 is 2.14 bits per heavy atom. The number of likely N-dealkylation sites (tertiary alicyclic amines) is 1. The number of amides is 1. The van der Waals surface area contributed by atoms with E-state index < -0.39 is 11.6 Å². The van der Waals surface area contributed by atoms with E-state index in [0.717, 1.165) is 63.6 Å². The zero-order valence-corrected chi connectivity index (χ0v) is 23.1. The summed E-state index contributed by atoms with van der Waals surface area (Å²) < 4.78 is 0. The van der Waals surface area contributed by atoms with Crippen LogP contribution in [0.25, 0.3) is 0 Å². The number of nitrogens with zero attached hydrogens (tertiary/aromatic N) is 3. The summed E-state index contributed by atoms with van der Waals surface area (Å²) in [5, 5.41) is 9.36. The number of rotatable bonds is 5. The first-order valence-corrected chi connectivity index (χ1v) is 14.0. The number of piperidine rings is 1. The van der Waals surface area contributed by atoms with Crippen molar-refractivity contribution in [2.45, 2.75) is 98.2 Å². The smallest absolute Gasteiger partial charge is 0.335 e. The van der Waals surface area contributed by atoms with Crippen LogP contribution in [0.5, 0.6) is 0 Å². The van der Waals surface area contributed by atoms with Crippen LogP contribution in [0.2, 0.25) is 0 Å². The highest BCUT2D eigenvalue weighted by Gasteiger charge is 2.53. The number of benzene rings is 1. The SMILES string of the molecule is CC[C@H](c1ccc(C(=O)O)cc1)N1C(=O)C(N2CCC(C(C)C)CC2)=NC12CCC(C(C)(C)C)CC2. The Kier molecular flexibility index (Phi) is 7.55. The number of aliphatic imine (C=N–C) groups is 1. The molecule has 1 amide bonds. The van der Waals surface area contributed by atoms with Crippen LogP contribution in [0.3, 0.4) is 0 Å². The molecular formula is C30H45N3O3. The molecule has 0 aromatic heterocycles. The van der Waals surface area contributed by atoms with E-state index in [-0.39, 0.29) is 22.9 Å². The van der Waals surface area contributed by atoms with E-state index in [2.05, 4.69) is 51.3 Å². The number of aromatic carboxylic acids is 1. The molecule has 2 fully saturated rings. The van der Waals surface area contributed by atoms with E-state index in [4.69, 9.17) is 4.99 Å². The second-order valence-electron chi connectivity index (χ2n) is 12.7. The van der Waals surface area contributed by atoms with Gasteiger partial charge in [0.2, 0.25) is 0 Å². The molecule has 1 atom stereocenters. The molecule has 1 aromatic rings. The Morgan fingerprint density at radius 2 is 1.67 bits per heavy atom. The van der Waals surface area contributed by atoms with Crippen LogP contribution in [0.4, 0.5) is 0 Å². The van der Waals surface area contributed by atoms with Gasteiger partial charge < -0.3 is 14.9 Å². The lowest BCUT2D eigenvalue weighted by Crippen LogP contribution is -2.52. The number of carbonyl (C=O) groups excluding carboxylic acids is 1. The highest BCUT2D eigenvalue weighted by Crippen LogP contribution is 2.49. The van der Waals surface area contributed by atoms with E-state index >= 15 is 0 Å². The third-order valence-corrected chi connectivity index (χ3v) is 9.21. The maximum atomic E-state index is 14.2. The standard InChI is InChI=1S/C30H45N3O3/c1-7-25(22-8-10-23(11-9-22)28(35)36)33-27(34)26(32-18-14-21(15-19-32)20(2)3)31-30(33)16-12-24(13-17-30)29(4,5)6/h8-11,20-21,24-25H,7,12-19H2,1-6H3,(H,35,36)/t24?,25-,30?/m1/s1. The van der Waals surface area contributed by atoms with Gasteiger partial charge in [0.15, 0.2) is 5.84 Å². The normalized spacial score (nSPS) is 26.6. The molecule has 3 aliphatic rings. The fraction of sp³-hybridized carbons (Fsp3) is 0.700. The van der Waals surface area contributed by atoms with E-state index in [1.807, 2.05) is 12.1 Å². The van der Waals surface area contributed by atoms with Crippen LogP contribution in [0.1, 0.15) is 108 Å². The summed E-state index contributed by atoms with van der Waals surface area (Å²) in [6, 6.07) is 6.95. The van der Waals surface area contributed by atoms with Crippen molar-refractivity contribution >= 4 is 17.7 Å². The lowest BCUT2D eigenvalue weighted by atomic mass is 9.69. The van der Waals surface area contributed by atoms with E-state index in [1.165, 1.54) is 0 Å². The summed E-state index contributed by atoms with van der Waals surface area (Å²) in [7, 11) is 0. The van der Waals surface area contributed by atoms with Crippen LogP contribution in [0.15, 0.2) is 29.3 Å². The molecule has 36 heavy (non-hydrogen) atoms. The molecule has 4 rings (SSSR count). The van der Waals surface area contributed by atoms with Gasteiger partial charge in [0.25, 0.3) is 5.91 Å². The summed E-state index contributed by atoms with van der Waals surface area (Å²) in [5.74, 6) is 1.78. The molecule has 6 nitrogen and oxygen atoms in total. The molecule has 0 radical (unpaired) electrons. The summed E-state index contributed by atoms with van der Waals surface area (Å²) in [5.41, 5.74) is 1.00. The van der Waals surface area contributed by atoms with Crippen molar-refractivity contribution in [1.29, 1.82) is 0 Å². The number of hydrogen-bond donors (Lipinski definition) is 1.